The number of hydrogen-bond acceptors (Lipinski definition) is 4. The topological polar surface area (TPSA) is 91.3 Å². The van der Waals surface area contributed by atoms with Gasteiger partial charge < -0.3 is 15.7 Å². The summed E-state index contributed by atoms with van der Waals surface area (Å²) in [6, 6.07) is 1.19. The molecular weight excluding hydrogens is 253 g/mol. The molecule has 0 saturated heterocycles. The first-order chi connectivity index (χ1) is 9.06. The minimum Gasteiger partial charge on any atom is -0.478 e. The first-order valence-corrected chi connectivity index (χ1v) is 5.98. The summed E-state index contributed by atoms with van der Waals surface area (Å²) in [6.45, 7) is 0.247. The number of carboxylic acids is 1. The Kier molecular flexibility index (Phi) is 3.94. The highest BCUT2D eigenvalue weighted by atomic mass is 19.1. The molecule has 19 heavy (non-hydrogen) atoms. The van der Waals surface area contributed by atoms with Crippen molar-refractivity contribution < 1.29 is 19.1 Å². The molecule has 7 heteroatoms. The molecule has 3 N–H and O–H groups in total. The van der Waals surface area contributed by atoms with Crippen molar-refractivity contribution in [1.29, 1.82) is 0 Å². The smallest absolute Gasteiger partial charge is 0.339 e. The van der Waals surface area contributed by atoms with Crippen LogP contribution >= 0.6 is 0 Å². The van der Waals surface area contributed by atoms with Crippen LogP contribution in [-0.4, -0.2) is 34.6 Å². The monoisotopic (exact) mass is 267 g/mol. The van der Waals surface area contributed by atoms with Gasteiger partial charge in [0.2, 0.25) is 5.91 Å². The fourth-order valence-corrected chi connectivity index (χ4v) is 1.57. The van der Waals surface area contributed by atoms with Crippen LogP contribution in [0.25, 0.3) is 0 Å². The predicted octanol–water partition coefficient (Wildman–Crippen LogP) is 0.999. The fourth-order valence-electron chi connectivity index (χ4n) is 1.57. The molecule has 0 spiro atoms. The van der Waals surface area contributed by atoms with E-state index in [1.165, 1.54) is 0 Å². The van der Waals surface area contributed by atoms with E-state index in [0.29, 0.717) is 6.04 Å². The van der Waals surface area contributed by atoms with Crippen LogP contribution in [0.3, 0.4) is 0 Å². The first-order valence-electron chi connectivity index (χ1n) is 5.98. The van der Waals surface area contributed by atoms with Crippen LogP contribution in [0.4, 0.5) is 10.2 Å². The highest BCUT2D eigenvalue weighted by Gasteiger charge is 2.22. The summed E-state index contributed by atoms with van der Waals surface area (Å²) in [5.74, 6) is -2.01. The number of carboxylic acid groups (broad SMARTS) is 1. The summed E-state index contributed by atoms with van der Waals surface area (Å²) in [4.78, 5) is 26.0. The van der Waals surface area contributed by atoms with E-state index in [2.05, 4.69) is 15.6 Å². The van der Waals surface area contributed by atoms with Crippen molar-refractivity contribution in [3.63, 3.8) is 0 Å². The third-order valence-electron chi connectivity index (χ3n) is 2.67. The number of carbonyl (C=O) groups excluding carboxylic acids is 1. The molecule has 0 radical (unpaired) electrons. The highest BCUT2D eigenvalue weighted by molar-refractivity contribution is 5.93. The molecule has 6 nitrogen and oxygen atoms in total. The average Bonchev–Trinajstić information content (AvgIpc) is 3.14. The van der Waals surface area contributed by atoms with E-state index in [1.807, 2.05) is 0 Å². The Bertz CT molecular complexity index is 503. The number of hydrogen-bond donors (Lipinski definition) is 3. The van der Waals surface area contributed by atoms with E-state index in [-0.39, 0.29) is 30.3 Å². The van der Waals surface area contributed by atoms with Gasteiger partial charge >= 0.3 is 5.97 Å². The lowest BCUT2D eigenvalue weighted by atomic mass is 10.2. The van der Waals surface area contributed by atoms with Gasteiger partial charge in [-0.2, -0.15) is 0 Å². The normalized spacial score (nSPS) is 13.9. The Morgan fingerprint density at radius 1 is 1.47 bits per heavy atom. The number of nitrogens with zero attached hydrogens (tertiary/aromatic N) is 1. The molecule has 2 rings (SSSR count). The van der Waals surface area contributed by atoms with Gasteiger partial charge in [-0.1, -0.05) is 0 Å². The number of aromatic carboxylic acids is 1. The Hall–Kier alpha value is -2.18. The predicted molar refractivity (Wildman–Crippen MR) is 65.4 cm³/mol. The molecule has 1 fully saturated rings. The van der Waals surface area contributed by atoms with Gasteiger partial charge in [0, 0.05) is 19.0 Å². The van der Waals surface area contributed by atoms with E-state index in [0.717, 1.165) is 25.1 Å². The summed E-state index contributed by atoms with van der Waals surface area (Å²) in [7, 11) is 0. The Balaban J connectivity index is 1.87. The van der Waals surface area contributed by atoms with Gasteiger partial charge in [-0.3, -0.25) is 4.79 Å². The van der Waals surface area contributed by atoms with Gasteiger partial charge in [0.15, 0.2) is 0 Å². The molecule has 1 aliphatic carbocycles. The molecule has 0 bridgehead atoms. The number of carbonyl (C=O) groups is 2. The molecule has 1 heterocycles. The lowest BCUT2D eigenvalue weighted by Crippen LogP contribution is -2.27. The number of nitrogens with one attached hydrogen (secondary N) is 2. The first kappa shape index (κ1) is 13.3. The molecule has 1 amide bonds. The van der Waals surface area contributed by atoms with Gasteiger partial charge in [-0.15, -0.1) is 0 Å². The third kappa shape index (κ3) is 3.90. The van der Waals surface area contributed by atoms with E-state index in [1.54, 1.807) is 0 Å². The van der Waals surface area contributed by atoms with Crippen LogP contribution in [0.1, 0.15) is 29.6 Å². The molecule has 1 aromatic rings. The van der Waals surface area contributed by atoms with Crippen LogP contribution in [0, 0.1) is 5.82 Å². The van der Waals surface area contributed by atoms with Crippen molar-refractivity contribution in [2.24, 2.45) is 0 Å². The largest absolute Gasteiger partial charge is 0.478 e. The number of aromatic nitrogens is 1. The Morgan fingerprint density at radius 2 is 2.21 bits per heavy atom. The van der Waals surface area contributed by atoms with Crippen molar-refractivity contribution in [3.8, 4) is 0 Å². The maximum atomic E-state index is 12.9. The Labute approximate surface area is 109 Å². The number of anilines is 1. The number of rotatable bonds is 6. The van der Waals surface area contributed by atoms with Crippen LogP contribution in [0.15, 0.2) is 12.3 Å². The van der Waals surface area contributed by atoms with Crippen molar-refractivity contribution in [1.82, 2.24) is 10.3 Å². The second-order valence-electron chi connectivity index (χ2n) is 4.37. The number of pyridine rings is 1. The molecule has 0 unspecified atom stereocenters. The molecule has 1 aromatic heterocycles. The van der Waals surface area contributed by atoms with Crippen LogP contribution in [0.2, 0.25) is 0 Å². The second kappa shape index (κ2) is 5.64. The number of halogens is 1. The van der Waals surface area contributed by atoms with Gasteiger partial charge in [-0.05, 0) is 18.9 Å². The van der Waals surface area contributed by atoms with Gasteiger partial charge in [0.05, 0.1) is 6.20 Å². The zero-order valence-electron chi connectivity index (χ0n) is 10.1. The minimum absolute atomic E-state index is 0.0631. The van der Waals surface area contributed by atoms with Crippen molar-refractivity contribution in [3.05, 3.63) is 23.6 Å². The SMILES string of the molecule is O=C(CCNc1ncc(F)cc1C(=O)O)NC1CC1. The molecular formula is C12H14FN3O3. The van der Waals surface area contributed by atoms with Gasteiger partial charge in [0.1, 0.15) is 17.2 Å². The maximum absolute atomic E-state index is 12.9. The highest BCUT2D eigenvalue weighted by Crippen LogP contribution is 2.18. The van der Waals surface area contributed by atoms with Gasteiger partial charge in [-0.25, -0.2) is 14.2 Å². The molecule has 0 aliphatic heterocycles. The molecule has 0 atom stereocenters. The average molecular weight is 267 g/mol. The van der Waals surface area contributed by atoms with Crippen molar-refractivity contribution >= 4 is 17.7 Å². The van der Waals surface area contributed by atoms with E-state index in [9.17, 15) is 14.0 Å². The van der Waals surface area contributed by atoms with E-state index < -0.39 is 11.8 Å². The van der Waals surface area contributed by atoms with Crippen LogP contribution < -0.4 is 10.6 Å². The minimum atomic E-state index is -1.27. The zero-order valence-corrected chi connectivity index (χ0v) is 10.1. The summed E-state index contributed by atoms with van der Waals surface area (Å²) < 4.78 is 12.9. The molecule has 0 aromatic carbocycles. The van der Waals surface area contributed by atoms with E-state index in [4.69, 9.17) is 5.11 Å². The standard InChI is InChI=1S/C12H14FN3O3/c13-7-5-9(12(18)19)11(15-6-7)14-4-3-10(17)16-8-1-2-8/h5-6,8H,1-4H2,(H,14,15)(H,16,17)(H,18,19). The van der Waals surface area contributed by atoms with Crippen LogP contribution in [0.5, 0.6) is 0 Å². The Morgan fingerprint density at radius 3 is 2.84 bits per heavy atom. The summed E-state index contributed by atoms with van der Waals surface area (Å²) in [6.07, 6.45) is 3.18. The summed E-state index contributed by atoms with van der Waals surface area (Å²) >= 11 is 0. The fraction of sp³-hybridized carbons (Fsp3) is 0.417. The lowest BCUT2D eigenvalue weighted by Gasteiger charge is -2.08. The lowest BCUT2D eigenvalue weighted by molar-refractivity contribution is -0.120. The maximum Gasteiger partial charge on any atom is 0.339 e. The number of amides is 1. The zero-order chi connectivity index (χ0) is 13.8. The van der Waals surface area contributed by atoms with Crippen molar-refractivity contribution in [2.75, 3.05) is 11.9 Å². The molecule has 1 saturated carbocycles. The van der Waals surface area contributed by atoms with Crippen molar-refractivity contribution in [2.45, 2.75) is 25.3 Å². The van der Waals surface area contributed by atoms with E-state index >= 15 is 0 Å². The van der Waals surface area contributed by atoms with Crippen LogP contribution in [-0.2, 0) is 4.79 Å². The second-order valence-corrected chi connectivity index (χ2v) is 4.37. The summed E-state index contributed by atoms with van der Waals surface area (Å²) in [5, 5.41) is 14.4. The molecule has 102 valence electrons. The third-order valence-corrected chi connectivity index (χ3v) is 2.67. The quantitative estimate of drug-likeness (QED) is 0.715. The summed E-state index contributed by atoms with van der Waals surface area (Å²) in [5.41, 5.74) is -0.248. The molecule has 1 aliphatic rings. The van der Waals surface area contributed by atoms with Gasteiger partial charge in [0.25, 0.3) is 0 Å².